The van der Waals surface area contributed by atoms with Crippen molar-refractivity contribution in [3.05, 3.63) is 18.7 Å². The topological polar surface area (TPSA) is 24.1 Å². The number of hydrogen-bond donors (Lipinski definition) is 2. The summed E-state index contributed by atoms with van der Waals surface area (Å²) >= 11 is 0. The Morgan fingerprint density at radius 2 is 2.67 bits per heavy atom. The van der Waals surface area contributed by atoms with E-state index in [0.29, 0.717) is 0 Å². The quantitative estimate of drug-likeness (QED) is 0.416. The van der Waals surface area contributed by atoms with Crippen molar-refractivity contribution in [1.82, 2.24) is 10.9 Å². The molecule has 1 rings (SSSR count). The first-order valence-electron chi connectivity index (χ1n) is 1.88. The molecule has 0 spiro atoms. The van der Waals surface area contributed by atoms with E-state index >= 15 is 0 Å². The van der Waals surface area contributed by atoms with Crippen molar-refractivity contribution in [3.63, 3.8) is 0 Å². The minimum atomic E-state index is 0.872. The van der Waals surface area contributed by atoms with Crippen molar-refractivity contribution < 1.29 is 0 Å². The van der Waals surface area contributed by atoms with Crippen LogP contribution in [0.1, 0.15) is 0 Å². The van der Waals surface area contributed by atoms with Gasteiger partial charge in [0.25, 0.3) is 0 Å². The fourth-order valence-electron chi connectivity index (χ4n) is 0.321. The highest BCUT2D eigenvalue weighted by molar-refractivity contribution is 4.88. The third kappa shape index (κ3) is 0.808. The highest BCUT2D eigenvalue weighted by Gasteiger charge is 1.83. The standard InChI is InChI=1S/C4H6N2/c1-2-4-6-5-3-1/h1,4-6H,3H2. The predicted octanol–water partition coefficient (Wildman–Crippen LogP) is -0.385. The Labute approximate surface area is 37.2 Å². The van der Waals surface area contributed by atoms with Gasteiger partial charge < -0.3 is 0 Å². The molecule has 32 valence electrons. The van der Waals surface area contributed by atoms with Gasteiger partial charge in [0, 0.05) is 6.54 Å². The Hall–Kier alpha value is -0.340. The first-order valence-corrected chi connectivity index (χ1v) is 1.88. The van der Waals surface area contributed by atoms with E-state index in [9.17, 15) is 0 Å². The van der Waals surface area contributed by atoms with Gasteiger partial charge >= 0.3 is 0 Å². The van der Waals surface area contributed by atoms with Crippen LogP contribution in [0, 0.1) is 12.6 Å². The van der Waals surface area contributed by atoms with Gasteiger partial charge in [-0.2, -0.15) is 0 Å². The summed E-state index contributed by atoms with van der Waals surface area (Å²) in [4.78, 5) is 0. The van der Waals surface area contributed by atoms with Crippen LogP contribution < -0.4 is 10.9 Å². The average Bonchev–Trinajstić information content (AvgIpc) is 1.72. The van der Waals surface area contributed by atoms with E-state index in [1.54, 1.807) is 6.54 Å². The molecular weight excluding hydrogens is 76.1 g/mol. The second kappa shape index (κ2) is 1.95. The second-order valence-electron chi connectivity index (χ2n) is 1.04. The molecule has 2 heteroatoms. The highest BCUT2D eigenvalue weighted by atomic mass is 15.3. The van der Waals surface area contributed by atoms with Gasteiger partial charge in [-0.25, -0.2) is 5.43 Å². The Kier molecular flexibility index (Phi) is 1.25. The molecule has 0 aliphatic carbocycles. The van der Waals surface area contributed by atoms with E-state index in [1.807, 2.05) is 6.08 Å². The molecule has 2 nitrogen and oxygen atoms in total. The van der Waals surface area contributed by atoms with Gasteiger partial charge in [-0.3, -0.25) is 5.43 Å². The second-order valence-corrected chi connectivity index (χ2v) is 1.04. The lowest BCUT2D eigenvalue weighted by Crippen LogP contribution is -2.31. The molecule has 1 aliphatic rings. The number of nitrogens with one attached hydrogen (secondary N) is 2. The molecule has 0 aromatic carbocycles. The molecule has 6 heavy (non-hydrogen) atoms. The normalized spacial score (nSPS) is 21.3. The van der Waals surface area contributed by atoms with E-state index in [4.69, 9.17) is 0 Å². The zero-order valence-electron chi connectivity index (χ0n) is 3.36. The first kappa shape index (κ1) is 3.84. The third-order valence-electron chi connectivity index (χ3n) is 0.580. The molecule has 0 atom stereocenters. The van der Waals surface area contributed by atoms with Crippen LogP contribution in [0.15, 0.2) is 6.08 Å². The van der Waals surface area contributed by atoms with Gasteiger partial charge in [-0.1, -0.05) is 6.08 Å². The fraction of sp³-hybridized carbons (Fsp3) is 0.250. The SMILES string of the molecule is [C]1=CCNN[CH]1. The first-order chi connectivity index (χ1) is 3.00. The van der Waals surface area contributed by atoms with Crippen LogP contribution in [0.2, 0.25) is 0 Å². The summed E-state index contributed by atoms with van der Waals surface area (Å²) < 4.78 is 0. The maximum absolute atomic E-state index is 2.86. The molecule has 0 saturated heterocycles. The lowest BCUT2D eigenvalue weighted by Gasteiger charge is -2.03. The smallest absolute Gasteiger partial charge is 0.0671 e. The van der Waals surface area contributed by atoms with Gasteiger partial charge in [0.05, 0.1) is 6.54 Å². The van der Waals surface area contributed by atoms with Crippen LogP contribution >= 0.6 is 0 Å². The number of hydrazine groups is 1. The molecule has 2 N–H and O–H groups in total. The van der Waals surface area contributed by atoms with Crippen molar-refractivity contribution >= 4 is 0 Å². The average molecular weight is 82.1 g/mol. The van der Waals surface area contributed by atoms with Gasteiger partial charge in [0.1, 0.15) is 0 Å². The number of rotatable bonds is 0. The van der Waals surface area contributed by atoms with Crippen molar-refractivity contribution in [3.8, 4) is 0 Å². The van der Waals surface area contributed by atoms with E-state index < -0.39 is 0 Å². The van der Waals surface area contributed by atoms with E-state index in [2.05, 4.69) is 16.9 Å². The molecule has 2 radical (unpaired) electrons. The summed E-state index contributed by atoms with van der Waals surface area (Å²) in [6.45, 7) is 2.60. The van der Waals surface area contributed by atoms with E-state index in [1.165, 1.54) is 0 Å². The van der Waals surface area contributed by atoms with Crippen LogP contribution in [0.4, 0.5) is 0 Å². The maximum Gasteiger partial charge on any atom is 0.0671 e. The minimum Gasteiger partial charge on any atom is -0.253 e. The summed E-state index contributed by atoms with van der Waals surface area (Å²) in [5.74, 6) is 0. The Balaban J connectivity index is 2.26. The van der Waals surface area contributed by atoms with Crippen LogP contribution in [0.3, 0.4) is 0 Å². The minimum absolute atomic E-state index is 0.872. The van der Waals surface area contributed by atoms with E-state index in [0.717, 1.165) is 6.54 Å². The summed E-state index contributed by atoms with van der Waals surface area (Å²) in [5.41, 5.74) is 5.63. The van der Waals surface area contributed by atoms with Crippen LogP contribution in [-0.4, -0.2) is 6.54 Å². The van der Waals surface area contributed by atoms with Gasteiger partial charge in [0.2, 0.25) is 0 Å². The highest BCUT2D eigenvalue weighted by Crippen LogP contribution is 1.74. The molecule has 0 fully saturated rings. The lowest BCUT2D eigenvalue weighted by atomic mass is 10.5. The molecule has 0 aromatic heterocycles. The summed E-state index contributed by atoms with van der Waals surface area (Å²) in [5, 5.41) is 0. The predicted molar refractivity (Wildman–Crippen MR) is 23.3 cm³/mol. The van der Waals surface area contributed by atoms with Gasteiger partial charge in [-0.05, 0) is 6.08 Å². The largest absolute Gasteiger partial charge is 0.253 e. The lowest BCUT2D eigenvalue weighted by molar-refractivity contribution is 0.632. The fourth-order valence-corrected chi connectivity index (χ4v) is 0.321. The molecule has 0 unspecified atom stereocenters. The van der Waals surface area contributed by atoms with Crippen LogP contribution in [-0.2, 0) is 0 Å². The summed E-state index contributed by atoms with van der Waals surface area (Å²) in [6, 6.07) is 0. The molecule has 1 heterocycles. The maximum atomic E-state index is 2.86. The van der Waals surface area contributed by atoms with Crippen LogP contribution in [0.25, 0.3) is 0 Å². The van der Waals surface area contributed by atoms with E-state index in [-0.39, 0.29) is 0 Å². The van der Waals surface area contributed by atoms with Crippen LogP contribution in [0.5, 0.6) is 0 Å². The molecule has 0 bridgehead atoms. The third-order valence-corrected chi connectivity index (χ3v) is 0.580. The monoisotopic (exact) mass is 82.1 g/mol. The van der Waals surface area contributed by atoms with Crippen molar-refractivity contribution in [2.24, 2.45) is 0 Å². The zero-order valence-corrected chi connectivity index (χ0v) is 3.36. The zero-order chi connectivity index (χ0) is 4.24. The van der Waals surface area contributed by atoms with Crippen molar-refractivity contribution in [2.75, 3.05) is 6.54 Å². The van der Waals surface area contributed by atoms with Crippen molar-refractivity contribution in [2.45, 2.75) is 0 Å². The Bertz CT molecular complexity index is 50.6. The molecule has 1 aliphatic heterocycles. The molecule has 0 saturated carbocycles. The van der Waals surface area contributed by atoms with Crippen molar-refractivity contribution in [1.29, 1.82) is 0 Å². The van der Waals surface area contributed by atoms with Gasteiger partial charge in [0.15, 0.2) is 0 Å². The number of hydrogen-bond acceptors (Lipinski definition) is 2. The Morgan fingerprint density at radius 3 is 2.83 bits per heavy atom. The molecule has 0 amide bonds. The summed E-state index contributed by atoms with van der Waals surface area (Å²) in [6.07, 6.45) is 4.77. The Morgan fingerprint density at radius 1 is 1.67 bits per heavy atom. The molecular formula is C4H6N2. The molecule has 0 aromatic rings. The van der Waals surface area contributed by atoms with Gasteiger partial charge in [-0.15, -0.1) is 0 Å². The summed E-state index contributed by atoms with van der Waals surface area (Å²) in [7, 11) is 0.